The van der Waals surface area contributed by atoms with Crippen molar-refractivity contribution in [2.24, 2.45) is 0 Å². The van der Waals surface area contributed by atoms with Crippen LogP contribution in [0.15, 0.2) is 30.0 Å². The minimum absolute atomic E-state index is 0.224. The summed E-state index contributed by atoms with van der Waals surface area (Å²) in [5, 5.41) is 22.6. The summed E-state index contributed by atoms with van der Waals surface area (Å²) in [5.74, 6) is -1.82. The molecule has 0 aromatic heterocycles. The van der Waals surface area contributed by atoms with E-state index in [9.17, 15) is 9.59 Å². The van der Waals surface area contributed by atoms with Crippen molar-refractivity contribution in [3.05, 3.63) is 40.0 Å². The van der Waals surface area contributed by atoms with Crippen molar-refractivity contribution < 1.29 is 14.7 Å². The summed E-state index contributed by atoms with van der Waals surface area (Å²) >= 11 is 11.6. The van der Waals surface area contributed by atoms with Crippen LogP contribution in [0.2, 0.25) is 10.0 Å². The van der Waals surface area contributed by atoms with E-state index in [4.69, 9.17) is 33.6 Å². The number of nitrogens with one attached hydrogen (secondary N) is 2. The predicted octanol–water partition coefficient (Wildman–Crippen LogP) is 2.01. The number of carboxylic acids is 1. The maximum absolute atomic E-state index is 11.8. The molecule has 0 spiro atoms. The van der Waals surface area contributed by atoms with Crippen LogP contribution in [0, 0.1) is 11.3 Å². The van der Waals surface area contributed by atoms with Crippen LogP contribution >= 0.6 is 23.2 Å². The molecule has 0 radical (unpaired) electrons. The molecule has 0 saturated carbocycles. The van der Waals surface area contributed by atoms with Crippen LogP contribution in [0.25, 0.3) is 0 Å². The first kappa shape index (κ1) is 15.8. The fourth-order valence-electron chi connectivity index (χ4n) is 1.17. The lowest BCUT2D eigenvalue weighted by Gasteiger charge is -2.06. The molecule has 0 fully saturated rings. The Hall–Kier alpha value is -2.23. The Balaban J connectivity index is 2.77. The normalized spacial score (nSPS) is 10.6. The average Bonchev–Trinajstić information content (AvgIpc) is 2.37. The third kappa shape index (κ3) is 4.80. The number of carboxylic acid groups (broad SMARTS) is 1. The van der Waals surface area contributed by atoms with Crippen LogP contribution in [0.5, 0.6) is 0 Å². The second-order valence-electron chi connectivity index (χ2n) is 3.52. The van der Waals surface area contributed by atoms with Crippen LogP contribution in [0.3, 0.4) is 0 Å². The van der Waals surface area contributed by atoms with E-state index < -0.39 is 18.4 Å². The highest BCUT2D eigenvalue weighted by Gasteiger charge is 2.11. The van der Waals surface area contributed by atoms with E-state index in [1.165, 1.54) is 18.2 Å². The molecule has 0 aliphatic heterocycles. The van der Waals surface area contributed by atoms with Gasteiger partial charge in [0.2, 0.25) is 0 Å². The summed E-state index contributed by atoms with van der Waals surface area (Å²) in [6.07, 6.45) is 1.02. The Labute approximate surface area is 124 Å². The van der Waals surface area contributed by atoms with Crippen molar-refractivity contribution in [3.8, 4) is 6.07 Å². The summed E-state index contributed by atoms with van der Waals surface area (Å²) in [6, 6.07) is 6.11. The molecule has 0 atom stereocenters. The van der Waals surface area contributed by atoms with Gasteiger partial charge in [-0.3, -0.25) is 9.59 Å². The average molecular weight is 314 g/mol. The molecule has 0 saturated heterocycles. The van der Waals surface area contributed by atoms with E-state index in [0.29, 0.717) is 10.7 Å². The number of hydrogen-bond donors (Lipinski definition) is 3. The van der Waals surface area contributed by atoms with Crippen molar-refractivity contribution in [3.63, 3.8) is 0 Å². The van der Waals surface area contributed by atoms with E-state index in [1.807, 2.05) is 0 Å². The molecule has 0 aliphatic rings. The second kappa shape index (κ2) is 7.38. The Kier molecular flexibility index (Phi) is 5.84. The number of carbonyl (C=O) groups is 2. The third-order valence-electron chi connectivity index (χ3n) is 2.04. The second-order valence-corrected chi connectivity index (χ2v) is 4.37. The highest BCUT2D eigenvalue weighted by Crippen LogP contribution is 2.25. The maximum Gasteiger partial charge on any atom is 0.322 e. The molecule has 1 aromatic carbocycles. The molecule has 20 heavy (non-hydrogen) atoms. The maximum atomic E-state index is 11.8. The standard InChI is InChI=1S/C12H9Cl2N3O3/c13-8-1-2-10(9(14)3-8)17-12(20)7(4-15)5-16-6-11(18)19/h1-3,5,16H,6H2,(H,17,20)(H,18,19)/b7-5-. The van der Waals surface area contributed by atoms with Gasteiger partial charge in [-0.25, -0.2) is 0 Å². The van der Waals surface area contributed by atoms with Gasteiger partial charge >= 0.3 is 5.97 Å². The largest absolute Gasteiger partial charge is 0.480 e. The van der Waals surface area contributed by atoms with Gasteiger partial charge < -0.3 is 15.7 Å². The monoisotopic (exact) mass is 313 g/mol. The number of amides is 1. The lowest BCUT2D eigenvalue weighted by Crippen LogP contribution is -2.20. The summed E-state index contributed by atoms with van der Waals surface area (Å²) < 4.78 is 0. The van der Waals surface area contributed by atoms with E-state index in [0.717, 1.165) is 6.20 Å². The lowest BCUT2D eigenvalue weighted by atomic mass is 10.2. The number of rotatable bonds is 5. The van der Waals surface area contributed by atoms with Gasteiger partial charge in [0.1, 0.15) is 18.2 Å². The van der Waals surface area contributed by atoms with Gasteiger partial charge in [-0.15, -0.1) is 0 Å². The first-order valence-electron chi connectivity index (χ1n) is 5.26. The number of aliphatic carboxylic acids is 1. The molecule has 0 bridgehead atoms. The van der Waals surface area contributed by atoms with Gasteiger partial charge in [0.05, 0.1) is 10.7 Å². The fourth-order valence-corrected chi connectivity index (χ4v) is 1.63. The van der Waals surface area contributed by atoms with E-state index >= 15 is 0 Å². The zero-order valence-corrected chi connectivity index (χ0v) is 11.5. The van der Waals surface area contributed by atoms with Crippen LogP contribution in [0.1, 0.15) is 0 Å². The topological polar surface area (TPSA) is 102 Å². The van der Waals surface area contributed by atoms with Gasteiger partial charge in [-0.05, 0) is 18.2 Å². The lowest BCUT2D eigenvalue weighted by molar-refractivity contribution is -0.135. The smallest absolute Gasteiger partial charge is 0.322 e. The number of benzene rings is 1. The summed E-state index contributed by atoms with van der Waals surface area (Å²) in [7, 11) is 0. The van der Waals surface area contributed by atoms with Gasteiger partial charge in [-0.2, -0.15) is 5.26 Å². The van der Waals surface area contributed by atoms with Gasteiger partial charge in [0, 0.05) is 11.2 Å². The molecule has 0 unspecified atom stereocenters. The van der Waals surface area contributed by atoms with E-state index in [1.54, 1.807) is 6.07 Å². The Morgan fingerprint density at radius 1 is 1.40 bits per heavy atom. The zero-order chi connectivity index (χ0) is 15.1. The molecule has 104 valence electrons. The Bertz CT molecular complexity index is 608. The fraction of sp³-hybridized carbons (Fsp3) is 0.0833. The van der Waals surface area contributed by atoms with Gasteiger partial charge in [0.25, 0.3) is 5.91 Å². The number of hydrogen-bond acceptors (Lipinski definition) is 4. The molecule has 8 heteroatoms. The molecular weight excluding hydrogens is 305 g/mol. The summed E-state index contributed by atoms with van der Waals surface area (Å²) in [5.41, 5.74) is 0.0118. The number of nitrogens with zero attached hydrogens (tertiary/aromatic N) is 1. The summed E-state index contributed by atoms with van der Waals surface area (Å²) in [4.78, 5) is 22.1. The van der Waals surface area contributed by atoms with E-state index in [-0.39, 0.29) is 10.6 Å². The van der Waals surface area contributed by atoms with Crippen LogP contribution in [-0.4, -0.2) is 23.5 Å². The number of halogens is 2. The SMILES string of the molecule is N#C/C(=C/NCC(=O)O)C(=O)Nc1ccc(Cl)cc1Cl. The highest BCUT2D eigenvalue weighted by molar-refractivity contribution is 6.36. The van der Waals surface area contributed by atoms with Crippen molar-refractivity contribution in [2.75, 3.05) is 11.9 Å². The molecule has 1 amide bonds. The van der Waals surface area contributed by atoms with Crippen molar-refractivity contribution >= 4 is 40.8 Å². The Morgan fingerprint density at radius 2 is 2.10 bits per heavy atom. The zero-order valence-electron chi connectivity index (χ0n) is 9.98. The molecule has 0 aliphatic carbocycles. The molecule has 0 heterocycles. The number of anilines is 1. The van der Waals surface area contributed by atoms with Crippen LogP contribution < -0.4 is 10.6 Å². The van der Waals surface area contributed by atoms with Gasteiger partial charge in [-0.1, -0.05) is 23.2 Å². The van der Waals surface area contributed by atoms with Crippen molar-refractivity contribution in [1.29, 1.82) is 5.26 Å². The van der Waals surface area contributed by atoms with Crippen molar-refractivity contribution in [1.82, 2.24) is 5.32 Å². The van der Waals surface area contributed by atoms with Crippen molar-refractivity contribution in [2.45, 2.75) is 0 Å². The Morgan fingerprint density at radius 3 is 2.65 bits per heavy atom. The van der Waals surface area contributed by atoms with Crippen LogP contribution in [0.4, 0.5) is 5.69 Å². The molecule has 1 aromatic rings. The minimum Gasteiger partial charge on any atom is -0.480 e. The minimum atomic E-state index is -1.11. The molecule has 3 N–H and O–H groups in total. The first-order valence-corrected chi connectivity index (χ1v) is 6.01. The summed E-state index contributed by atoms with van der Waals surface area (Å²) in [6.45, 7) is -0.403. The number of carbonyl (C=O) groups excluding carboxylic acids is 1. The predicted molar refractivity (Wildman–Crippen MR) is 74.4 cm³/mol. The first-order chi connectivity index (χ1) is 9.43. The van der Waals surface area contributed by atoms with E-state index in [2.05, 4.69) is 10.6 Å². The highest BCUT2D eigenvalue weighted by atomic mass is 35.5. The quantitative estimate of drug-likeness (QED) is 0.570. The molecule has 6 nitrogen and oxygen atoms in total. The third-order valence-corrected chi connectivity index (χ3v) is 2.59. The number of nitriles is 1. The van der Waals surface area contributed by atoms with Crippen LogP contribution in [-0.2, 0) is 9.59 Å². The molecule has 1 rings (SSSR count). The van der Waals surface area contributed by atoms with Gasteiger partial charge in [0.15, 0.2) is 0 Å². The molecular formula is C12H9Cl2N3O3.